The molecule has 2 N–H and O–H groups in total. The molecule has 0 aliphatic carbocycles. The molecule has 1 saturated heterocycles. The molecule has 9 heteroatoms. The summed E-state index contributed by atoms with van der Waals surface area (Å²) < 4.78 is 24.7. The topological polar surface area (TPSA) is 69.6 Å². The van der Waals surface area contributed by atoms with Gasteiger partial charge in [-0.05, 0) is 37.3 Å². The summed E-state index contributed by atoms with van der Waals surface area (Å²) in [7, 11) is 3.15. The second-order valence-corrected chi connectivity index (χ2v) is 7.24. The average Bonchev–Trinajstić information content (AvgIpc) is 2.81. The van der Waals surface area contributed by atoms with E-state index in [-0.39, 0.29) is 36.3 Å². The lowest BCUT2D eigenvalue weighted by atomic mass is 10.1. The van der Waals surface area contributed by atoms with E-state index in [1.165, 1.54) is 6.07 Å². The highest BCUT2D eigenvalue weighted by molar-refractivity contribution is 14.0. The fourth-order valence-electron chi connectivity index (χ4n) is 3.66. The first-order chi connectivity index (χ1) is 15.1. The molecule has 0 spiro atoms. The van der Waals surface area contributed by atoms with Crippen molar-refractivity contribution in [2.24, 2.45) is 4.99 Å². The molecule has 0 bridgehead atoms. The van der Waals surface area contributed by atoms with Crippen LogP contribution in [0.5, 0.6) is 11.5 Å². The molecule has 2 aromatic carbocycles. The van der Waals surface area contributed by atoms with Crippen molar-refractivity contribution in [3.8, 4) is 11.5 Å². The van der Waals surface area contributed by atoms with Gasteiger partial charge in [0.2, 0.25) is 0 Å². The Balaban J connectivity index is 0.00000363. The number of halogens is 2. The number of aliphatic imine (C=N–C) groups is 1. The van der Waals surface area contributed by atoms with Crippen molar-refractivity contribution >= 4 is 35.6 Å². The van der Waals surface area contributed by atoms with Gasteiger partial charge in [-0.3, -0.25) is 4.99 Å². The van der Waals surface area contributed by atoms with Gasteiger partial charge in [0.1, 0.15) is 23.4 Å². The maximum absolute atomic E-state index is 14.1. The molecule has 7 nitrogen and oxygen atoms in total. The number of nitrogens with zero attached hydrogens (tertiary/aromatic N) is 3. The van der Waals surface area contributed by atoms with Crippen molar-refractivity contribution in [2.45, 2.75) is 13.0 Å². The SMILES string of the molecule is CCNC(=NCC(O)c1cc(OC)ccc1OC)N1CCN(c2ccccc2F)CC1.I. The quantitative estimate of drug-likeness (QED) is 0.309. The molecule has 0 aromatic heterocycles. The number of ether oxygens (including phenoxy) is 2. The number of anilines is 1. The van der Waals surface area contributed by atoms with Crippen LogP contribution in [0, 0.1) is 5.82 Å². The van der Waals surface area contributed by atoms with E-state index in [2.05, 4.69) is 15.2 Å². The molecule has 1 unspecified atom stereocenters. The highest BCUT2D eigenvalue weighted by atomic mass is 127. The van der Waals surface area contributed by atoms with Gasteiger partial charge in [-0.2, -0.15) is 0 Å². The Morgan fingerprint density at radius 2 is 1.84 bits per heavy atom. The van der Waals surface area contributed by atoms with Crippen molar-refractivity contribution in [1.29, 1.82) is 0 Å². The number of para-hydroxylation sites is 1. The highest BCUT2D eigenvalue weighted by Crippen LogP contribution is 2.29. The van der Waals surface area contributed by atoms with E-state index >= 15 is 0 Å². The summed E-state index contributed by atoms with van der Waals surface area (Å²) in [6.45, 7) is 5.70. The molecule has 1 atom stereocenters. The van der Waals surface area contributed by atoms with Crippen LogP contribution in [0.1, 0.15) is 18.6 Å². The van der Waals surface area contributed by atoms with E-state index in [0.717, 1.165) is 5.96 Å². The Bertz CT molecular complexity index is 891. The molecule has 1 aliphatic heterocycles. The van der Waals surface area contributed by atoms with E-state index in [1.807, 2.05) is 24.0 Å². The van der Waals surface area contributed by atoms with Gasteiger partial charge in [0.25, 0.3) is 0 Å². The number of aliphatic hydroxyl groups excluding tert-OH is 1. The van der Waals surface area contributed by atoms with Crippen LogP contribution < -0.4 is 19.7 Å². The van der Waals surface area contributed by atoms with Crippen molar-refractivity contribution in [2.75, 3.05) is 58.4 Å². The maximum atomic E-state index is 14.1. The normalized spacial score (nSPS) is 15.1. The first-order valence-electron chi connectivity index (χ1n) is 10.5. The summed E-state index contributed by atoms with van der Waals surface area (Å²) in [5.41, 5.74) is 1.26. The number of methoxy groups -OCH3 is 2. The van der Waals surface area contributed by atoms with E-state index in [1.54, 1.807) is 38.5 Å². The summed E-state index contributed by atoms with van der Waals surface area (Å²) >= 11 is 0. The number of hydrogen-bond donors (Lipinski definition) is 2. The first-order valence-corrected chi connectivity index (χ1v) is 10.5. The number of benzene rings is 2. The van der Waals surface area contributed by atoms with Gasteiger partial charge in [0.15, 0.2) is 5.96 Å². The summed E-state index contributed by atoms with van der Waals surface area (Å²) in [6.07, 6.45) is -0.835. The van der Waals surface area contributed by atoms with Gasteiger partial charge in [-0.25, -0.2) is 4.39 Å². The van der Waals surface area contributed by atoms with E-state index in [0.29, 0.717) is 55.5 Å². The molecular weight excluding hydrogens is 526 g/mol. The van der Waals surface area contributed by atoms with E-state index in [4.69, 9.17) is 9.47 Å². The minimum absolute atomic E-state index is 0. The van der Waals surface area contributed by atoms with Crippen LogP contribution >= 0.6 is 24.0 Å². The maximum Gasteiger partial charge on any atom is 0.194 e. The predicted octanol–water partition coefficient (Wildman–Crippen LogP) is 3.28. The Hall–Kier alpha value is -2.27. The van der Waals surface area contributed by atoms with Crippen molar-refractivity contribution < 1.29 is 19.0 Å². The third-order valence-corrected chi connectivity index (χ3v) is 5.32. The van der Waals surface area contributed by atoms with Gasteiger partial charge < -0.3 is 29.7 Å². The van der Waals surface area contributed by atoms with Crippen LogP contribution in [0.25, 0.3) is 0 Å². The molecule has 176 valence electrons. The molecule has 0 saturated carbocycles. The molecule has 1 heterocycles. The highest BCUT2D eigenvalue weighted by Gasteiger charge is 2.22. The van der Waals surface area contributed by atoms with Crippen molar-refractivity contribution in [1.82, 2.24) is 10.2 Å². The Labute approximate surface area is 206 Å². The van der Waals surface area contributed by atoms with Gasteiger partial charge in [0.05, 0.1) is 26.5 Å². The number of aliphatic hydroxyl groups is 1. The van der Waals surface area contributed by atoms with Crippen LogP contribution in [0.15, 0.2) is 47.5 Å². The van der Waals surface area contributed by atoms with Crippen LogP contribution in [0.4, 0.5) is 10.1 Å². The largest absolute Gasteiger partial charge is 0.497 e. The van der Waals surface area contributed by atoms with Gasteiger partial charge in [-0.15, -0.1) is 24.0 Å². The molecule has 2 aromatic rings. The minimum atomic E-state index is -0.835. The van der Waals surface area contributed by atoms with Crippen molar-refractivity contribution in [3.63, 3.8) is 0 Å². The first kappa shape index (κ1) is 26.0. The van der Waals surface area contributed by atoms with Gasteiger partial charge >= 0.3 is 0 Å². The van der Waals surface area contributed by atoms with Crippen molar-refractivity contribution in [3.05, 3.63) is 53.8 Å². The Kier molecular flexibility index (Phi) is 10.3. The zero-order valence-electron chi connectivity index (χ0n) is 18.8. The lowest BCUT2D eigenvalue weighted by Crippen LogP contribution is -2.52. The molecular formula is C23H32FIN4O3. The molecule has 32 heavy (non-hydrogen) atoms. The average molecular weight is 558 g/mol. The lowest BCUT2D eigenvalue weighted by Gasteiger charge is -2.37. The molecule has 1 fully saturated rings. The molecule has 1 aliphatic rings. The predicted molar refractivity (Wildman–Crippen MR) is 136 cm³/mol. The van der Waals surface area contributed by atoms with Crippen LogP contribution in [-0.4, -0.2) is 69.5 Å². The fraction of sp³-hybridized carbons (Fsp3) is 0.435. The fourth-order valence-corrected chi connectivity index (χ4v) is 3.66. The van der Waals surface area contributed by atoms with Crippen LogP contribution in [0.2, 0.25) is 0 Å². The molecule has 3 rings (SSSR count). The Morgan fingerprint density at radius 3 is 2.47 bits per heavy atom. The standard InChI is InChI=1S/C23H31FN4O3.HI/c1-4-25-23(26-16-21(29)18-15-17(30-2)9-10-22(18)31-3)28-13-11-27(12-14-28)20-8-6-5-7-19(20)24;/h5-10,15,21,29H,4,11-14,16H2,1-3H3,(H,25,26);1H. The number of piperazine rings is 1. The van der Waals surface area contributed by atoms with E-state index < -0.39 is 6.10 Å². The third kappa shape index (κ3) is 6.38. The molecule has 0 amide bonds. The van der Waals surface area contributed by atoms with Crippen LogP contribution in [0.3, 0.4) is 0 Å². The lowest BCUT2D eigenvalue weighted by molar-refractivity contribution is 0.181. The number of hydrogen-bond acceptors (Lipinski definition) is 5. The summed E-state index contributed by atoms with van der Waals surface area (Å²) in [6, 6.07) is 12.2. The second kappa shape index (κ2) is 12.7. The zero-order chi connectivity index (χ0) is 22.2. The van der Waals surface area contributed by atoms with E-state index in [9.17, 15) is 9.50 Å². The number of rotatable bonds is 7. The summed E-state index contributed by atoms with van der Waals surface area (Å²) in [4.78, 5) is 8.83. The van der Waals surface area contributed by atoms with Gasteiger partial charge in [-0.1, -0.05) is 12.1 Å². The third-order valence-electron chi connectivity index (χ3n) is 5.32. The minimum Gasteiger partial charge on any atom is -0.497 e. The monoisotopic (exact) mass is 558 g/mol. The smallest absolute Gasteiger partial charge is 0.194 e. The number of guanidine groups is 1. The second-order valence-electron chi connectivity index (χ2n) is 7.24. The Morgan fingerprint density at radius 1 is 1.12 bits per heavy atom. The molecule has 0 radical (unpaired) electrons. The number of nitrogens with one attached hydrogen (secondary N) is 1. The van der Waals surface area contributed by atoms with Gasteiger partial charge in [0, 0.05) is 38.3 Å². The zero-order valence-corrected chi connectivity index (χ0v) is 21.1. The summed E-state index contributed by atoms with van der Waals surface area (Å²) in [5.74, 6) is 1.77. The summed E-state index contributed by atoms with van der Waals surface area (Å²) in [5, 5.41) is 14.0. The van der Waals surface area contributed by atoms with Crippen LogP contribution in [-0.2, 0) is 0 Å².